The van der Waals surface area contributed by atoms with Gasteiger partial charge in [-0.2, -0.15) is 0 Å². The molecule has 24 heavy (non-hydrogen) atoms. The number of ether oxygens (including phenoxy) is 1. The first-order chi connectivity index (χ1) is 11.6. The molecule has 0 spiro atoms. The van der Waals surface area contributed by atoms with Crippen molar-refractivity contribution in [1.82, 2.24) is 9.47 Å². The van der Waals surface area contributed by atoms with Gasteiger partial charge in [-0.1, -0.05) is 24.3 Å². The highest BCUT2D eigenvalue weighted by Gasteiger charge is 2.11. The van der Waals surface area contributed by atoms with Gasteiger partial charge in [-0.25, -0.2) is 0 Å². The van der Waals surface area contributed by atoms with E-state index in [1.54, 1.807) is 7.11 Å². The summed E-state index contributed by atoms with van der Waals surface area (Å²) in [5.74, 6) is 0.805. The second-order valence-corrected chi connectivity index (χ2v) is 6.19. The Hall–Kier alpha value is -2.53. The minimum atomic E-state index is 0.677. The molecule has 3 aromatic rings. The number of hydrogen-bond donors (Lipinski definition) is 1. The number of nitrogens with one attached hydrogen (secondary N) is 1. The lowest BCUT2D eigenvalue weighted by Crippen LogP contribution is -2.30. The minimum absolute atomic E-state index is 0.677. The summed E-state index contributed by atoms with van der Waals surface area (Å²) < 4.78 is 7.39. The summed E-state index contributed by atoms with van der Waals surface area (Å²) in [6.45, 7) is 0.747. The molecular formula is C19H21N3OS. The molecule has 0 saturated heterocycles. The van der Waals surface area contributed by atoms with E-state index in [2.05, 4.69) is 47.4 Å². The molecule has 0 aliphatic rings. The molecule has 0 saturated carbocycles. The first-order valence-electron chi connectivity index (χ1n) is 7.77. The van der Waals surface area contributed by atoms with Gasteiger partial charge in [-0.3, -0.25) is 0 Å². The standard InChI is InChI=1S/C19H21N3OS/c1-21-12-14(17-9-4-5-10-18(17)21)13-22(2)19(24)20-15-7-6-8-16(11-15)23-3/h4-12H,13H2,1-3H3,(H,20,24). The lowest BCUT2D eigenvalue weighted by Gasteiger charge is -2.21. The van der Waals surface area contributed by atoms with Gasteiger partial charge in [0.15, 0.2) is 5.11 Å². The fourth-order valence-electron chi connectivity index (χ4n) is 2.80. The molecule has 2 aromatic carbocycles. The third-order valence-corrected chi connectivity index (χ3v) is 4.47. The molecule has 1 aromatic heterocycles. The predicted molar refractivity (Wildman–Crippen MR) is 104 cm³/mol. The summed E-state index contributed by atoms with van der Waals surface area (Å²) in [6.07, 6.45) is 2.16. The largest absolute Gasteiger partial charge is 0.497 e. The molecule has 0 bridgehead atoms. The monoisotopic (exact) mass is 339 g/mol. The number of rotatable bonds is 4. The van der Waals surface area contributed by atoms with Gasteiger partial charge >= 0.3 is 0 Å². The molecule has 0 amide bonds. The quantitative estimate of drug-likeness (QED) is 0.727. The van der Waals surface area contributed by atoms with Crippen LogP contribution >= 0.6 is 12.2 Å². The zero-order chi connectivity index (χ0) is 17.1. The van der Waals surface area contributed by atoms with Crippen LogP contribution in [0.5, 0.6) is 5.75 Å². The Morgan fingerprint density at radius 3 is 2.79 bits per heavy atom. The maximum absolute atomic E-state index is 5.53. The van der Waals surface area contributed by atoms with E-state index in [1.165, 1.54) is 16.5 Å². The number of anilines is 1. The van der Waals surface area contributed by atoms with E-state index in [0.717, 1.165) is 18.0 Å². The smallest absolute Gasteiger partial charge is 0.173 e. The molecule has 5 heteroatoms. The summed E-state index contributed by atoms with van der Waals surface area (Å²) in [7, 11) is 5.72. The van der Waals surface area contributed by atoms with E-state index >= 15 is 0 Å². The maximum Gasteiger partial charge on any atom is 0.173 e. The fraction of sp³-hybridized carbons (Fsp3) is 0.211. The highest BCUT2D eigenvalue weighted by Crippen LogP contribution is 2.22. The van der Waals surface area contributed by atoms with Crippen LogP contribution in [0.4, 0.5) is 5.69 Å². The number of hydrogen-bond acceptors (Lipinski definition) is 2. The molecule has 1 heterocycles. The Labute approximate surface area is 147 Å². The minimum Gasteiger partial charge on any atom is -0.497 e. The normalized spacial score (nSPS) is 10.6. The van der Waals surface area contributed by atoms with Crippen molar-refractivity contribution in [2.75, 3.05) is 19.5 Å². The molecule has 0 aliphatic carbocycles. The first-order valence-corrected chi connectivity index (χ1v) is 8.18. The molecule has 124 valence electrons. The van der Waals surface area contributed by atoms with Crippen LogP contribution in [0.1, 0.15) is 5.56 Å². The highest BCUT2D eigenvalue weighted by atomic mass is 32.1. The fourth-order valence-corrected chi connectivity index (χ4v) is 2.98. The lowest BCUT2D eigenvalue weighted by atomic mass is 10.2. The summed E-state index contributed by atoms with van der Waals surface area (Å²) >= 11 is 5.53. The van der Waals surface area contributed by atoms with Crippen molar-refractivity contribution >= 4 is 33.9 Å². The van der Waals surface area contributed by atoms with Gasteiger partial charge in [0.05, 0.1) is 7.11 Å². The van der Waals surface area contributed by atoms with Crippen molar-refractivity contribution in [1.29, 1.82) is 0 Å². The van der Waals surface area contributed by atoms with Crippen LogP contribution in [0.25, 0.3) is 10.9 Å². The molecule has 4 nitrogen and oxygen atoms in total. The predicted octanol–water partition coefficient (Wildman–Crippen LogP) is 4.02. The number of methoxy groups -OCH3 is 1. The van der Waals surface area contributed by atoms with Crippen LogP contribution in [0, 0.1) is 0 Å². The number of fused-ring (bicyclic) bond motifs is 1. The summed E-state index contributed by atoms with van der Waals surface area (Å²) in [4.78, 5) is 2.04. The van der Waals surface area contributed by atoms with Crippen LogP contribution < -0.4 is 10.1 Å². The van der Waals surface area contributed by atoms with Crippen LogP contribution in [-0.2, 0) is 13.6 Å². The molecule has 1 N–H and O–H groups in total. The number of thiocarbonyl (C=S) groups is 1. The molecule has 0 radical (unpaired) electrons. The van der Waals surface area contributed by atoms with Gasteiger partial charge in [-0.05, 0) is 36.0 Å². The van der Waals surface area contributed by atoms with E-state index in [9.17, 15) is 0 Å². The number of aryl methyl sites for hydroxylation is 1. The van der Waals surface area contributed by atoms with Crippen molar-refractivity contribution in [2.24, 2.45) is 7.05 Å². The van der Waals surface area contributed by atoms with Gasteiger partial charge in [0.1, 0.15) is 5.75 Å². The molecule has 0 atom stereocenters. The van der Waals surface area contributed by atoms with Gasteiger partial charge in [-0.15, -0.1) is 0 Å². The van der Waals surface area contributed by atoms with Crippen LogP contribution in [0.3, 0.4) is 0 Å². The second-order valence-electron chi connectivity index (χ2n) is 5.80. The van der Waals surface area contributed by atoms with E-state index in [0.29, 0.717) is 5.11 Å². The van der Waals surface area contributed by atoms with E-state index in [4.69, 9.17) is 17.0 Å². The molecule has 0 aliphatic heterocycles. The van der Waals surface area contributed by atoms with Crippen molar-refractivity contribution in [3.05, 3.63) is 60.3 Å². The first kappa shape index (κ1) is 16.3. The summed E-state index contributed by atoms with van der Waals surface area (Å²) in [5, 5.41) is 5.20. The Balaban J connectivity index is 1.73. The summed E-state index contributed by atoms with van der Waals surface area (Å²) in [5.41, 5.74) is 3.40. The van der Waals surface area contributed by atoms with Gasteiger partial charge in [0.25, 0.3) is 0 Å². The van der Waals surface area contributed by atoms with Crippen molar-refractivity contribution in [2.45, 2.75) is 6.54 Å². The Morgan fingerprint density at radius 2 is 2.00 bits per heavy atom. The lowest BCUT2D eigenvalue weighted by molar-refractivity contribution is 0.415. The van der Waals surface area contributed by atoms with E-state index in [-0.39, 0.29) is 0 Å². The Kier molecular flexibility index (Phi) is 4.71. The maximum atomic E-state index is 5.53. The van der Waals surface area contributed by atoms with Crippen molar-refractivity contribution in [3.63, 3.8) is 0 Å². The average molecular weight is 339 g/mol. The molecule has 3 rings (SSSR count). The van der Waals surface area contributed by atoms with Gasteiger partial charge < -0.3 is 19.5 Å². The third kappa shape index (κ3) is 3.36. The highest BCUT2D eigenvalue weighted by molar-refractivity contribution is 7.80. The van der Waals surface area contributed by atoms with E-state index in [1.807, 2.05) is 36.2 Å². The van der Waals surface area contributed by atoms with Crippen LogP contribution in [0.2, 0.25) is 0 Å². The Morgan fingerprint density at radius 1 is 1.21 bits per heavy atom. The number of benzene rings is 2. The SMILES string of the molecule is COc1cccc(NC(=S)N(C)Cc2cn(C)c3ccccc23)c1. The second kappa shape index (κ2) is 6.93. The van der Waals surface area contributed by atoms with Crippen molar-refractivity contribution in [3.8, 4) is 5.75 Å². The molecular weight excluding hydrogens is 318 g/mol. The summed E-state index contributed by atoms with van der Waals surface area (Å²) in [6, 6.07) is 16.2. The molecule has 0 fully saturated rings. The zero-order valence-corrected chi connectivity index (χ0v) is 14.9. The third-order valence-electron chi connectivity index (χ3n) is 4.05. The average Bonchev–Trinajstić information content (AvgIpc) is 2.91. The van der Waals surface area contributed by atoms with Crippen LogP contribution in [-0.4, -0.2) is 28.7 Å². The Bertz CT molecular complexity index is 872. The van der Waals surface area contributed by atoms with Crippen molar-refractivity contribution < 1.29 is 4.74 Å². The number of para-hydroxylation sites is 1. The zero-order valence-electron chi connectivity index (χ0n) is 14.1. The number of nitrogens with zero attached hydrogens (tertiary/aromatic N) is 2. The molecule has 0 unspecified atom stereocenters. The van der Waals surface area contributed by atoms with Gasteiger partial charge in [0.2, 0.25) is 0 Å². The van der Waals surface area contributed by atoms with Gasteiger partial charge in [0, 0.05) is 49.5 Å². The van der Waals surface area contributed by atoms with E-state index < -0.39 is 0 Å². The number of aromatic nitrogens is 1. The van der Waals surface area contributed by atoms with Crippen LogP contribution in [0.15, 0.2) is 54.7 Å². The topological polar surface area (TPSA) is 29.4 Å².